The molecular weight excluding hydrogens is 326 g/mol. The first kappa shape index (κ1) is 19.1. The fourth-order valence-electron chi connectivity index (χ4n) is 2.63. The average Bonchev–Trinajstić information content (AvgIpc) is 2.78. The van der Waals surface area contributed by atoms with Crippen LogP contribution >= 0.6 is 0 Å². The van der Waals surface area contributed by atoms with Crippen molar-refractivity contribution in [1.82, 2.24) is 20.4 Å². The normalized spacial score (nSPS) is 11.2. The number of amides is 1. The molecule has 1 heterocycles. The Morgan fingerprint density at radius 1 is 1.28 bits per heavy atom. The van der Waals surface area contributed by atoms with Gasteiger partial charge in [-0.1, -0.05) is 0 Å². The lowest BCUT2D eigenvalue weighted by Gasteiger charge is -2.09. The van der Waals surface area contributed by atoms with Crippen molar-refractivity contribution in [3.05, 3.63) is 46.8 Å². The highest BCUT2D eigenvalue weighted by atomic mass is 19.1. The maximum atomic E-state index is 14.0. The largest absolute Gasteiger partial charge is 0.354 e. The van der Waals surface area contributed by atoms with E-state index in [9.17, 15) is 13.6 Å². The molecule has 1 amide bonds. The molecule has 2 rings (SSSR count). The minimum absolute atomic E-state index is 0.0000206. The molecule has 0 spiro atoms. The predicted molar refractivity (Wildman–Crippen MR) is 92.6 cm³/mol. The molecule has 0 radical (unpaired) electrons. The summed E-state index contributed by atoms with van der Waals surface area (Å²) in [6, 6.07) is 3.55. The minimum atomic E-state index is -0.657. The quantitative estimate of drug-likeness (QED) is 0.755. The Bertz CT molecular complexity index is 756. The Hall–Kier alpha value is -2.28. The molecule has 7 heteroatoms. The summed E-state index contributed by atoms with van der Waals surface area (Å²) in [6.45, 7) is 8.57. The van der Waals surface area contributed by atoms with Gasteiger partial charge in [-0.05, 0) is 39.8 Å². The van der Waals surface area contributed by atoms with E-state index in [0.29, 0.717) is 19.5 Å². The number of hydrogen-bond donors (Lipinski definition) is 2. The first-order chi connectivity index (χ1) is 11.8. The molecule has 136 valence electrons. The number of rotatable bonds is 7. The van der Waals surface area contributed by atoms with Gasteiger partial charge in [0.1, 0.15) is 11.5 Å². The Morgan fingerprint density at radius 2 is 2.00 bits per heavy atom. The van der Waals surface area contributed by atoms with E-state index in [0.717, 1.165) is 23.0 Å². The van der Waals surface area contributed by atoms with Crippen LogP contribution in [0.25, 0.3) is 5.69 Å². The Morgan fingerprint density at radius 3 is 2.64 bits per heavy atom. The Balaban J connectivity index is 2.03. The number of nitrogens with one attached hydrogen (secondary N) is 2. The van der Waals surface area contributed by atoms with Gasteiger partial charge in [0.2, 0.25) is 5.91 Å². The lowest BCUT2D eigenvalue weighted by atomic mass is 10.2. The second-order valence-electron chi connectivity index (χ2n) is 6.31. The van der Waals surface area contributed by atoms with E-state index in [2.05, 4.69) is 15.7 Å². The molecule has 0 saturated heterocycles. The molecular formula is C18H24F2N4O. The summed E-state index contributed by atoms with van der Waals surface area (Å²) in [5.74, 6) is -1.28. The first-order valence-corrected chi connectivity index (χ1v) is 8.30. The first-order valence-electron chi connectivity index (χ1n) is 8.30. The molecule has 5 nitrogen and oxygen atoms in total. The van der Waals surface area contributed by atoms with Crippen LogP contribution in [-0.2, 0) is 11.3 Å². The summed E-state index contributed by atoms with van der Waals surface area (Å²) < 4.78 is 28.6. The predicted octanol–water partition coefficient (Wildman–Crippen LogP) is 2.77. The van der Waals surface area contributed by atoms with Gasteiger partial charge in [0, 0.05) is 42.9 Å². The summed E-state index contributed by atoms with van der Waals surface area (Å²) in [5.41, 5.74) is 2.69. The van der Waals surface area contributed by atoms with E-state index in [-0.39, 0.29) is 17.6 Å². The van der Waals surface area contributed by atoms with Crippen LogP contribution in [0.2, 0.25) is 0 Å². The van der Waals surface area contributed by atoms with E-state index in [1.54, 1.807) is 0 Å². The molecule has 1 aromatic carbocycles. The van der Waals surface area contributed by atoms with Gasteiger partial charge >= 0.3 is 0 Å². The molecule has 0 fully saturated rings. The molecule has 0 saturated carbocycles. The fraction of sp³-hybridized carbons (Fsp3) is 0.444. The lowest BCUT2D eigenvalue weighted by molar-refractivity contribution is -0.121. The SMILES string of the molecule is Cc1nn(-c2ccc(F)cc2F)c(C)c1CNCCC(=O)NC(C)C. The topological polar surface area (TPSA) is 59.0 Å². The number of benzene rings is 1. The van der Waals surface area contributed by atoms with E-state index in [1.807, 2.05) is 27.7 Å². The highest BCUT2D eigenvalue weighted by molar-refractivity contribution is 5.76. The molecule has 0 aliphatic rings. The van der Waals surface area contributed by atoms with Crippen molar-refractivity contribution in [2.75, 3.05) is 6.54 Å². The zero-order valence-electron chi connectivity index (χ0n) is 15.0. The van der Waals surface area contributed by atoms with Gasteiger partial charge in [0.15, 0.2) is 5.82 Å². The highest BCUT2D eigenvalue weighted by Crippen LogP contribution is 2.20. The van der Waals surface area contributed by atoms with Crippen LogP contribution in [0.15, 0.2) is 18.2 Å². The zero-order chi connectivity index (χ0) is 18.6. The maximum absolute atomic E-state index is 14.0. The Kier molecular flexibility index (Phi) is 6.25. The third-order valence-electron chi connectivity index (χ3n) is 3.86. The van der Waals surface area contributed by atoms with Crippen molar-refractivity contribution in [2.24, 2.45) is 0 Å². The number of halogens is 2. The number of carbonyl (C=O) groups is 1. The smallest absolute Gasteiger partial charge is 0.221 e. The van der Waals surface area contributed by atoms with E-state index >= 15 is 0 Å². The second-order valence-corrected chi connectivity index (χ2v) is 6.31. The van der Waals surface area contributed by atoms with Crippen LogP contribution < -0.4 is 10.6 Å². The fourth-order valence-corrected chi connectivity index (χ4v) is 2.63. The summed E-state index contributed by atoms with van der Waals surface area (Å²) in [7, 11) is 0. The van der Waals surface area contributed by atoms with Crippen LogP contribution in [-0.4, -0.2) is 28.3 Å². The van der Waals surface area contributed by atoms with Gasteiger partial charge in [-0.25, -0.2) is 13.5 Å². The molecule has 1 aromatic heterocycles. The van der Waals surface area contributed by atoms with Gasteiger partial charge in [-0.2, -0.15) is 5.10 Å². The van der Waals surface area contributed by atoms with E-state index < -0.39 is 11.6 Å². The molecule has 0 aliphatic heterocycles. The van der Waals surface area contributed by atoms with Crippen molar-refractivity contribution in [2.45, 2.75) is 46.7 Å². The Labute approximate surface area is 146 Å². The summed E-state index contributed by atoms with van der Waals surface area (Å²) in [5, 5.41) is 10.4. The van der Waals surface area contributed by atoms with Crippen LogP contribution in [0.5, 0.6) is 0 Å². The van der Waals surface area contributed by atoms with Crippen LogP contribution in [0.4, 0.5) is 8.78 Å². The van der Waals surface area contributed by atoms with Gasteiger partial charge in [-0.15, -0.1) is 0 Å². The van der Waals surface area contributed by atoms with Gasteiger partial charge in [0.05, 0.1) is 5.69 Å². The number of nitrogens with zero attached hydrogens (tertiary/aromatic N) is 2. The zero-order valence-corrected chi connectivity index (χ0v) is 15.0. The molecule has 0 aliphatic carbocycles. The summed E-state index contributed by atoms with van der Waals surface area (Å²) >= 11 is 0. The lowest BCUT2D eigenvalue weighted by Crippen LogP contribution is -2.32. The number of hydrogen-bond acceptors (Lipinski definition) is 3. The second kappa shape index (κ2) is 8.20. The number of aromatic nitrogens is 2. The molecule has 2 N–H and O–H groups in total. The van der Waals surface area contributed by atoms with Crippen molar-refractivity contribution in [3.8, 4) is 5.69 Å². The summed E-state index contributed by atoms with van der Waals surface area (Å²) in [4.78, 5) is 11.6. The van der Waals surface area contributed by atoms with E-state index in [4.69, 9.17) is 0 Å². The van der Waals surface area contributed by atoms with Crippen molar-refractivity contribution < 1.29 is 13.6 Å². The van der Waals surface area contributed by atoms with Crippen LogP contribution in [0.1, 0.15) is 37.2 Å². The number of aryl methyl sites for hydroxylation is 1. The number of carbonyl (C=O) groups excluding carboxylic acids is 1. The van der Waals surface area contributed by atoms with Gasteiger partial charge < -0.3 is 10.6 Å². The molecule has 0 bridgehead atoms. The maximum Gasteiger partial charge on any atom is 0.221 e. The summed E-state index contributed by atoms with van der Waals surface area (Å²) in [6.07, 6.45) is 0.386. The van der Waals surface area contributed by atoms with Crippen LogP contribution in [0, 0.1) is 25.5 Å². The van der Waals surface area contributed by atoms with Gasteiger partial charge in [-0.3, -0.25) is 4.79 Å². The molecule has 25 heavy (non-hydrogen) atoms. The third-order valence-corrected chi connectivity index (χ3v) is 3.86. The average molecular weight is 350 g/mol. The molecule has 0 atom stereocenters. The van der Waals surface area contributed by atoms with E-state index in [1.165, 1.54) is 16.8 Å². The van der Waals surface area contributed by atoms with Crippen molar-refractivity contribution >= 4 is 5.91 Å². The monoisotopic (exact) mass is 350 g/mol. The third kappa shape index (κ3) is 4.85. The minimum Gasteiger partial charge on any atom is -0.354 e. The highest BCUT2D eigenvalue weighted by Gasteiger charge is 2.15. The van der Waals surface area contributed by atoms with Crippen molar-refractivity contribution in [3.63, 3.8) is 0 Å². The molecule has 0 unspecified atom stereocenters. The standard InChI is InChI=1S/C18H24F2N4O/c1-11(2)22-18(25)7-8-21-10-15-12(3)23-24(13(15)4)17-6-5-14(19)9-16(17)20/h5-6,9,11,21H,7-8,10H2,1-4H3,(H,22,25). The van der Waals surface area contributed by atoms with Crippen LogP contribution in [0.3, 0.4) is 0 Å². The molecule has 2 aromatic rings. The van der Waals surface area contributed by atoms with Crippen molar-refractivity contribution in [1.29, 1.82) is 0 Å². The van der Waals surface area contributed by atoms with Gasteiger partial charge in [0.25, 0.3) is 0 Å².